The van der Waals surface area contributed by atoms with Crippen LogP contribution in [-0.4, -0.2) is 36.6 Å². The average molecular weight is 291 g/mol. The van der Waals surface area contributed by atoms with Gasteiger partial charge in [0, 0.05) is 19.7 Å². The Morgan fingerprint density at radius 3 is 2.05 bits per heavy atom. The van der Waals surface area contributed by atoms with Crippen LogP contribution in [0.15, 0.2) is 0 Å². The summed E-state index contributed by atoms with van der Waals surface area (Å²) < 4.78 is 5.72. The van der Waals surface area contributed by atoms with Crippen LogP contribution in [0.2, 0.25) is 0 Å². The second-order valence-corrected chi connectivity index (χ2v) is 8.14. The van der Waals surface area contributed by atoms with Gasteiger partial charge in [-0.05, 0) is 76.0 Å². The van der Waals surface area contributed by atoms with Gasteiger partial charge in [-0.15, -0.1) is 0 Å². The predicted octanol–water partition coefficient (Wildman–Crippen LogP) is 3.23. The van der Waals surface area contributed by atoms with E-state index in [1.54, 1.807) is 0 Å². The van der Waals surface area contributed by atoms with Crippen molar-refractivity contribution in [3.63, 3.8) is 0 Å². The fourth-order valence-corrected chi connectivity index (χ4v) is 6.17. The molecule has 1 aliphatic heterocycles. The summed E-state index contributed by atoms with van der Waals surface area (Å²) in [5, 5.41) is 0. The molecule has 0 N–H and O–H groups in total. The van der Waals surface area contributed by atoms with Gasteiger partial charge in [0.2, 0.25) is 5.91 Å². The average Bonchev–Trinajstić information content (AvgIpc) is 2.46. The molecule has 0 atom stereocenters. The summed E-state index contributed by atoms with van der Waals surface area (Å²) in [6, 6.07) is 0. The minimum atomic E-state index is 0.0488. The molecule has 1 amide bonds. The van der Waals surface area contributed by atoms with Crippen molar-refractivity contribution in [3.8, 4) is 0 Å². The molecule has 1 saturated heterocycles. The number of carbonyl (C=O) groups excluding carboxylic acids is 1. The second kappa shape index (κ2) is 5.26. The minimum Gasteiger partial charge on any atom is -0.378 e. The van der Waals surface area contributed by atoms with Crippen molar-refractivity contribution in [2.24, 2.45) is 23.2 Å². The molecule has 0 spiro atoms. The Bertz CT molecular complexity index is 376. The molecule has 3 nitrogen and oxygen atoms in total. The first kappa shape index (κ1) is 14.0. The zero-order valence-corrected chi connectivity index (χ0v) is 13.4. The number of rotatable bonds is 3. The number of carbonyl (C=O) groups is 1. The van der Waals surface area contributed by atoms with E-state index in [2.05, 4.69) is 11.8 Å². The first-order valence-corrected chi connectivity index (χ1v) is 9.09. The van der Waals surface area contributed by atoms with Crippen molar-refractivity contribution in [2.45, 2.75) is 64.4 Å². The van der Waals surface area contributed by atoms with Gasteiger partial charge in [0.1, 0.15) is 0 Å². The summed E-state index contributed by atoms with van der Waals surface area (Å²) in [5.41, 5.74) is 0.0488. The summed E-state index contributed by atoms with van der Waals surface area (Å²) in [5.74, 6) is 3.10. The van der Waals surface area contributed by atoms with E-state index < -0.39 is 0 Å². The lowest BCUT2D eigenvalue weighted by molar-refractivity contribution is -0.160. The second-order valence-electron chi connectivity index (χ2n) is 8.14. The van der Waals surface area contributed by atoms with E-state index in [4.69, 9.17) is 4.74 Å². The van der Waals surface area contributed by atoms with Crippen molar-refractivity contribution in [3.05, 3.63) is 0 Å². The molecule has 0 unspecified atom stereocenters. The first-order valence-electron chi connectivity index (χ1n) is 9.09. The molecule has 0 aromatic carbocycles. The standard InChI is InChI=1S/C18H29NO2/c1-2-21-16-3-5-19(6-4-16)17(20)18-10-13-7-14(11-18)9-15(8-13)12-18/h13-16H,2-12H2,1H3. The highest BCUT2D eigenvalue weighted by atomic mass is 16.5. The third kappa shape index (κ3) is 2.42. The molecule has 5 aliphatic rings. The lowest BCUT2D eigenvalue weighted by Crippen LogP contribution is -2.56. The number of amides is 1. The fraction of sp³-hybridized carbons (Fsp3) is 0.944. The van der Waals surface area contributed by atoms with Gasteiger partial charge in [-0.1, -0.05) is 0 Å². The highest BCUT2D eigenvalue weighted by Crippen LogP contribution is 2.60. The van der Waals surface area contributed by atoms with Crippen molar-refractivity contribution < 1.29 is 9.53 Å². The lowest BCUT2D eigenvalue weighted by Gasteiger charge is -2.57. The van der Waals surface area contributed by atoms with Gasteiger partial charge in [0.05, 0.1) is 11.5 Å². The van der Waals surface area contributed by atoms with Gasteiger partial charge < -0.3 is 9.64 Å². The third-order valence-corrected chi connectivity index (χ3v) is 6.62. The van der Waals surface area contributed by atoms with Crippen molar-refractivity contribution in [1.29, 1.82) is 0 Å². The first-order chi connectivity index (χ1) is 10.2. The monoisotopic (exact) mass is 291 g/mol. The summed E-state index contributed by atoms with van der Waals surface area (Å²) in [4.78, 5) is 15.4. The molecule has 3 heteroatoms. The molecule has 0 radical (unpaired) electrons. The van der Waals surface area contributed by atoms with E-state index in [9.17, 15) is 4.79 Å². The normalized spacial score (nSPS) is 42.5. The van der Waals surface area contributed by atoms with Crippen LogP contribution in [0, 0.1) is 23.2 Å². The number of hydrogen-bond acceptors (Lipinski definition) is 2. The zero-order valence-electron chi connectivity index (χ0n) is 13.4. The minimum absolute atomic E-state index is 0.0488. The molecule has 0 aromatic heterocycles. The maximum absolute atomic E-state index is 13.2. The maximum atomic E-state index is 13.2. The van der Waals surface area contributed by atoms with Crippen LogP contribution in [-0.2, 0) is 9.53 Å². The van der Waals surface area contributed by atoms with Crippen LogP contribution >= 0.6 is 0 Å². The molecular formula is C18H29NO2. The Labute approximate surface area is 128 Å². The number of ether oxygens (including phenoxy) is 1. The summed E-state index contributed by atoms with van der Waals surface area (Å²) in [7, 11) is 0. The van der Waals surface area contributed by atoms with E-state index in [1.165, 1.54) is 38.5 Å². The van der Waals surface area contributed by atoms with Gasteiger partial charge in [0.15, 0.2) is 0 Å². The lowest BCUT2D eigenvalue weighted by atomic mass is 9.49. The van der Waals surface area contributed by atoms with E-state index in [-0.39, 0.29) is 5.41 Å². The Balaban J connectivity index is 1.43. The molecule has 4 aliphatic carbocycles. The number of likely N-dealkylation sites (tertiary alicyclic amines) is 1. The van der Waals surface area contributed by atoms with E-state index >= 15 is 0 Å². The van der Waals surface area contributed by atoms with Crippen molar-refractivity contribution in [2.75, 3.05) is 19.7 Å². The summed E-state index contributed by atoms with van der Waals surface area (Å²) in [6.07, 6.45) is 10.3. The maximum Gasteiger partial charge on any atom is 0.228 e. The fourth-order valence-electron chi connectivity index (χ4n) is 6.17. The Morgan fingerprint density at radius 2 is 1.57 bits per heavy atom. The van der Waals surface area contributed by atoms with Crippen LogP contribution in [0.1, 0.15) is 58.3 Å². The largest absolute Gasteiger partial charge is 0.378 e. The molecule has 0 aromatic rings. The molecule has 4 bridgehead atoms. The molecule has 5 fully saturated rings. The highest BCUT2D eigenvalue weighted by molar-refractivity contribution is 5.83. The molecule has 5 rings (SSSR count). The number of hydrogen-bond donors (Lipinski definition) is 0. The van der Waals surface area contributed by atoms with Gasteiger partial charge in [-0.25, -0.2) is 0 Å². The van der Waals surface area contributed by atoms with Crippen LogP contribution < -0.4 is 0 Å². The third-order valence-electron chi connectivity index (χ3n) is 6.62. The van der Waals surface area contributed by atoms with E-state index in [0.29, 0.717) is 12.0 Å². The summed E-state index contributed by atoms with van der Waals surface area (Å²) in [6.45, 7) is 4.71. The Hall–Kier alpha value is -0.570. The van der Waals surface area contributed by atoms with Crippen molar-refractivity contribution >= 4 is 5.91 Å². The van der Waals surface area contributed by atoms with Gasteiger partial charge in [-0.2, -0.15) is 0 Å². The number of nitrogens with zero attached hydrogens (tertiary/aromatic N) is 1. The molecule has 118 valence electrons. The summed E-state index contributed by atoms with van der Waals surface area (Å²) >= 11 is 0. The van der Waals surface area contributed by atoms with E-state index in [1.807, 2.05) is 0 Å². The van der Waals surface area contributed by atoms with Gasteiger partial charge in [0.25, 0.3) is 0 Å². The molecule has 21 heavy (non-hydrogen) atoms. The van der Waals surface area contributed by atoms with Crippen LogP contribution in [0.3, 0.4) is 0 Å². The van der Waals surface area contributed by atoms with Crippen LogP contribution in [0.5, 0.6) is 0 Å². The SMILES string of the molecule is CCOC1CCN(C(=O)C23CC4CC(CC(C4)C2)C3)CC1. The molecular weight excluding hydrogens is 262 g/mol. The smallest absolute Gasteiger partial charge is 0.228 e. The van der Waals surface area contributed by atoms with E-state index in [0.717, 1.165) is 50.3 Å². The quantitative estimate of drug-likeness (QED) is 0.799. The Morgan fingerprint density at radius 1 is 1.05 bits per heavy atom. The van der Waals surface area contributed by atoms with Gasteiger partial charge in [-0.3, -0.25) is 4.79 Å². The molecule has 1 heterocycles. The molecule has 4 saturated carbocycles. The predicted molar refractivity (Wildman–Crippen MR) is 81.8 cm³/mol. The van der Waals surface area contributed by atoms with Crippen LogP contribution in [0.4, 0.5) is 0 Å². The van der Waals surface area contributed by atoms with Crippen LogP contribution in [0.25, 0.3) is 0 Å². The van der Waals surface area contributed by atoms with Crippen molar-refractivity contribution in [1.82, 2.24) is 4.90 Å². The topological polar surface area (TPSA) is 29.5 Å². The Kier molecular flexibility index (Phi) is 3.52. The number of piperidine rings is 1. The van der Waals surface area contributed by atoms with Gasteiger partial charge >= 0.3 is 0 Å². The highest BCUT2D eigenvalue weighted by Gasteiger charge is 2.55. The zero-order chi connectivity index (χ0) is 14.4.